The van der Waals surface area contributed by atoms with Crippen molar-refractivity contribution in [2.75, 3.05) is 6.61 Å². The smallest absolute Gasteiger partial charge is 0.316 e. The standard InChI is InChI=1S/C17H25ClN4O3S/c1-5-22-16(19-20-17(22)25-11-10-12(2)3)13(4)21-26(23,24)15-8-6-14(18)7-9-15/h6-9,12-13,21H,5,10-11H2,1-4H3/t13-/m1/s1. The molecule has 9 heteroatoms. The Morgan fingerprint density at radius 1 is 1.19 bits per heavy atom. The lowest BCUT2D eigenvalue weighted by Gasteiger charge is -2.15. The summed E-state index contributed by atoms with van der Waals surface area (Å²) >= 11 is 5.82. The van der Waals surface area contributed by atoms with Gasteiger partial charge in [0, 0.05) is 11.6 Å². The highest BCUT2D eigenvalue weighted by atomic mass is 35.5. The molecule has 2 aromatic rings. The summed E-state index contributed by atoms with van der Waals surface area (Å²) in [4.78, 5) is 0.143. The van der Waals surface area contributed by atoms with E-state index >= 15 is 0 Å². The summed E-state index contributed by atoms with van der Waals surface area (Å²) in [5, 5.41) is 8.65. The van der Waals surface area contributed by atoms with E-state index < -0.39 is 16.1 Å². The Morgan fingerprint density at radius 3 is 2.42 bits per heavy atom. The van der Waals surface area contributed by atoms with E-state index in [2.05, 4.69) is 28.8 Å². The Balaban J connectivity index is 2.14. The first-order valence-electron chi connectivity index (χ1n) is 8.58. The van der Waals surface area contributed by atoms with Crippen molar-refractivity contribution in [3.05, 3.63) is 35.1 Å². The first kappa shape index (κ1) is 20.7. The molecule has 7 nitrogen and oxygen atoms in total. The number of nitrogens with one attached hydrogen (secondary N) is 1. The van der Waals surface area contributed by atoms with Crippen molar-refractivity contribution in [2.24, 2.45) is 5.92 Å². The number of hydrogen-bond donors (Lipinski definition) is 1. The summed E-state index contributed by atoms with van der Waals surface area (Å²) in [5.41, 5.74) is 0. The van der Waals surface area contributed by atoms with Crippen molar-refractivity contribution < 1.29 is 13.2 Å². The lowest BCUT2D eigenvalue weighted by atomic mass is 10.1. The van der Waals surface area contributed by atoms with Crippen LogP contribution in [0.25, 0.3) is 0 Å². The topological polar surface area (TPSA) is 86.1 Å². The summed E-state index contributed by atoms with van der Waals surface area (Å²) in [7, 11) is -3.70. The Bertz CT molecular complexity index is 819. The van der Waals surface area contributed by atoms with E-state index in [0.717, 1.165) is 6.42 Å². The average Bonchev–Trinajstić information content (AvgIpc) is 2.97. The second kappa shape index (κ2) is 8.83. The van der Waals surface area contributed by atoms with E-state index in [1.807, 2.05) is 6.92 Å². The predicted molar refractivity (Wildman–Crippen MR) is 101 cm³/mol. The molecule has 2 rings (SSSR count). The Kier molecular flexibility index (Phi) is 7.02. The monoisotopic (exact) mass is 400 g/mol. The Hall–Kier alpha value is -1.64. The average molecular weight is 401 g/mol. The summed E-state index contributed by atoms with van der Waals surface area (Å²) in [6.45, 7) is 9.01. The molecule has 0 saturated heterocycles. The second-order valence-electron chi connectivity index (χ2n) is 6.41. The minimum absolute atomic E-state index is 0.143. The summed E-state index contributed by atoms with van der Waals surface area (Å²) in [6.07, 6.45) is 0.907. The molecular weight excluding hydrogens is 376 g/mol. The maximum atomic E-state index is 12.5. The van der Waals surface area contributed by atoms with Crippen LogP contribution in [-0.2, 0) is 16.6 Å². The van der Waals surface area contributed by atoms with Gasteiger partial charge in [-0.25, -0.2) is 13.1 Å². The van der Waals surface area contributed by atoms with Crippen LogP contribution < -0.4 is 9.46 Å². The molecule has 0 fully saturated rings. The SMILES string of the molecule is CCn1c(OCCC(C)C)nnc1[C@@H](C)NS(=O)(=O)c1ccc(Cl)cc1. The molecule has 0 spiro atoms. The number of benzene rings is 1. The lowest BCUT2D eigenvalue weighted by Crippen LogP contribution is -2.29. The number of hydrogen-bond acceptors (Lipinski definition) is 5. The molecule has 1 atom stereocenters. The largest absolute Gasteiger partial charge is 0.464 e. The van der Waals surface area contributed by atoms with Crippen LogP contribution in [0.15, 0.2) is 29.2 Å². The van der Waals surface area contributed by atoms with E-state index in [4.69, 9.17) is 16.3 Å². The van der Waals surface area contributed by atoms with E-state index in [-0.39, 0.29) is 4.90 Å². The number of sulfonamides is 1. The van der Waals surface area contributed by atoms with Crippen molar-refractivity contribution in [3.63, 3.8) is 0 Å². The maximum Gasteiger partial charge on any atom is 0.316 e. The molecule has 1 heterocycles. The normalized spacial score (nSPS) is 13.2. The molecular formula is C17H25ClN4O3S. The van der Waals surface area contributed by atoms with Crippen LogP contribution in [0.3, 0.4) is 0 Å². The van der Waals surface area contributed by atoms with Gasteiger partial charge in [0.15, 0.2) is 5.82 Å². The Morgan fingerprint density at radius 2 is 1.85 bits per heavy atom. The van der Waals surface area contributed by atoms with E-state index in [0.29, 0.717) is 35.9 Å². The van der Waals surface area contributed by atoms with Gasteiger partial charge in [0.2, 0.25) is 10.0 Å². The summed E-state index contributed by atoms with van der Waals surface area (Å²) < 4.78 is 35.2. The van der Waals surface area contributed by atoms with Crippen molar-refractivity contribution >= 4 is 21.6 Å². The molecule has 0 aliphatic heterocycles. The van der Waals surface area contributed by atoms with E-state index in [1.54, 1.807) is 11.5 Å². The molecule has 0 saturated carbocycles. The zero-order valence-electron chi connectivity index (χ0n) is 15.4. The van der Waals surface area contributed by atoms with Crippen molar-refractivity contribution in [3.8, 4) is 6.01 Å². The third kappa shape index (κ3) is 5.18. The molecule has 1 aromatic carbocycles. The van der Waals surface area contributed by atoms with Gasteiger partial charge in [0.1, 0.15) is 0 Å². The number of ether oxygens (including phenoxy) is 1. The second-order valence-corrected chi connectivity index (χ2v) is 8.56. The summed E-state index contributed by atoms with van der Waals surface area (Å²) in [5.74, 6) is 1.03. The zero-order valence-corrected chi connectivity index (χ0v) is 17.0. The zero-order chi connectivity index (χ0) is 19.3. The molecule has 0 radical (unpaired) electrons. The predicted octanol–water partition coefficient (Wildman–Crippen LogP) is 3.42. The van der Waals surface area contributed by atoms with Gasteiger partial charge in [-0.05, 0) is 50.5 Å². The van der Waals surface area contributed by atoms with Crippen molar-refractivity contribution in [1.29, 1.82) is 0 Å². The van der Waals surface area contributed by atoms with Crippen LogP contribution in [0.1, 0.15) is 46.0 Å². The highest BCUT2D eigenvalue weighted by molar-refractivity contribution is 7.89. The fourth-order valence-corrected chi connectivity index (χ4v) is 3.70. The molecule has 144 valence electrons. The third-order valence-electron chi connectivity index (χ3n) is 3.83. The van der Waals surface area contributed by atoms with Crippen LogP contribution in [0, 0.1) is 5.92 Å². The van der Waals surface area contributed by atoms with Gasteiger partial charge in [-0.1, -0.05) is 30.5 Å². The first-order valence-corrected chi connectivity index (χ1v) is 10.4. The van der Waals surface area contributed by atoms with Crippen molar-refractivity contribution in [1.82, 2.24) is 19.5 Å². The fourth-order valence-electron chi connectivity index (χ4n) is 2.38. The lowest BCUT2D eigenvalue weighted by molar-refractivity contribution is 0.255. The number of halogens is 1. The van der Waals surface area contributed by atoms with Crippen LogP contribution in [0.5, 0.6) is 6.01 Å². The van der Waals surface area contributed by atoms with Crippen LogP contribution in [0.4, 0.5) is 0 Å². The molecule has 1 aromatic heterocycles. The molecule has 0 aliphatic rings. The maximum absolute atomic E-state index is 12.5. The van der Waals surface area contributed by atoms with Gasteiger partial charge >= 0.3 is 6.01 Å². The van der Waals surface area contributed by atoms with Gasteiger partial charge in [-0.2, -0.15) is 0 Å². The highest BCUT2D eigenvalue weighted by Gasteiger charge is 2.23. The minimum Gasteiger partial charge on any atom is -0.464 e. The number of nitrogens with zero attached hydrogens (tertiary/aromatic N) is 3. The Labute approximate surface area is 159 Å². The van der Waals surface area contributed by atoms with Gasteiger partial charge in [-0.3, -0.25) is 4.57 Å². The highest BCUT2D eigenvalue weighted by Crippen LogP contribution is 2.21. The number of rotatable bonds is 9. The molecule has 26 heavy (non-hydrogen) atoms. The van der Waals surface area contributed by atoms with Crippen molar-refractivity contribution in [2.45, 2.75) is 51.6 Å². The molecule has 0 amide bonds. The van der Waals surface area contributed by atoms with Gasteiger partial charge in [0.05, 0.1) is 17.5 Å². The first-order chi connectivity index (χ1) is 12.2. The van der Waals surface area contributed by atoms with Gasteiger partial charge < -0.3 is 4.74 Å². The van der Waals surface area contributed by atoms with Gasteiger partial charge in [-0.15, -0.1) is 5.10 Å². The molecule has 1 N–H and O–H groups in total. The van der Waals surface area contributed by atoms with Crippen LogP contribution in [-0.4, -0.2) is 29.8 Å². The minimum atomic E-state index is -3.70. The molecule has 0 bridgehead atoms. The van der Waals surface area contributed by atoms with Crippen LogP contribution in [0.2, 0.25) is 5.02 Å². The molecule has 0 unspecified atom stereocenters. The quantitative estimate of drug-likeness (QED) is 0.696. The van der Waals surface area contributed by atoms with E-state index in [1.165, 1.54) is 24.3 Å². The van der Waals surface area contributed by atoms with Crippen LogP contribution >= 0.6 is 11.6 Å². The fraction of sp³-hybridized carbons (Fsp3) is 0.529. The third-order valence-corrected chi connectivity index (χ3v) is 5.64. The number of aromatic nitrogens is 3. The van der Waals surface area contributed by atoms with Gasteiger partial charge in [0.25, 0.3) is 0 Å². The van der Waals surface area contributed by atoms with E-state index in [9.17, 15) is 8.42 Å². The molecule has 0 aliphatic carbocycles. The summed E-state index contributed by atoms with van der Waals surface area (Å²) in [6, 6.07) is 5.84.